The molecular weight excluding hydrogens is 360 g/mol. The van der Waals surface area contributed by atoms with Crippen LogP contribution in [0.3, 0.4) is 0 Å². The number of piperidine rings is 1. The summed E-state index contributed by atoms with van der Waals surface area (Å²) in [6.07, 6.45) is 0.879. The number of carbonyl (C=O) groups is 2. The predicted molar refractivity (Wildman–Crippen MR) is 102 cm³/mol. The van der Waals surface area contributed by atoms with E-state index in [1.54, 1.807) is 6.92 Å². The van der Waals surface area contributed by atoms with E-state index in [0.29, 0.717) is 12.1 Å². The van der Waals surface area contributed by atoms with Gasteiger partial charge in [0.2, 0.25) is 24.4 Å². The third kappa shape index (κ3) is 4.08. The monoisotopic (exact) mass is 389 g/mol. The Morgan fingerprint density at radius 3 is 2.86 bits per heavy atom. The highest BCUT2D eigenvalue weighted by atomic mass is 16.3. The van der Waals surface area contributed by atoms with Crippen LogP contribution in [-0.2, 0) is 9.59 Å². The lowest BCUT2D eigenvalue weighted by molar-refractivity contribution is -0.596. The molecule has 3 rings (SSSR count). The SMILES string of the molecule is CC1=C(CC(=O)N[C@@H](C)C2CNC(C#N)C[N+]2=O)C(=O)NC2CCNC(C)C12. The van der Waals surface area contributed by atoms with Crippen LogP contribution in [0, 0.1) is 22.2 Å². The highest BCUT2D eigenvalue weighted by Gasteiger charge is 2.41. The first-order chi connectivity index (χ1) is 13.3. The zero-order valence-corrected chi connectivity index (χ0v) is 16.6. The second kappa shape index (κ2) is 8.37. The molecule has 0 aromatic rings. The lowest BCUT2D eigenvalue weighted by atomic mass is 9.76. The third-order valence-corrected chi connectivity index (χ3v) is 6.23. The van der Waals surface area contributed by atoms with Gasteiger partial charge in [-0.1, -0.05) is 5.57 Å². The number of fused-ring (bicyclic) bond motifs is 1. The van der Waals surface area contributed by atoms with Crippen molar-refractivity contribution in [2.45, 2.75) is 63.8 Å². The highest BCUT2D eigenvalue weighted by Crippen LogP contribution is 2.32. The second-order valence-corrected chi connectivity index (χ2v) is 8.09. The standard InChI is InChI=1S/C19H28N6O3/c1-10-14(19(27)24-15-4-5-21-12(3)18(10)15)6-17(26)23-11(2)16-8-22-13(7-20)9-25(16)28/h11-13,15-16,18,21-22H,4-6,8-9H2,1-3H3,(H-,23,24,26,27)/p+1/t11-,12?,13?,15?,16?,18?/m0/s1. The second-order valence-electron chi connectivity index (χ2n) is 8.09. The summed E-state index contributed by atoms with van der Waals surface area (Å²) in [5.74, 6) is -0.255. The minimum Gasteiger partial charge on any atom is -0.349 e. The molecule has 4 N–H and O–H groups in total. The number of hydrogen-bond acceptors (Lipinski definition) is 6. The average Bonchev–Trinajstić information content (AvgIpc) is 2.64. The molecule has 2 amide bonds. The number of rotatable bonds is 4. The molecule has 9 heteroatoms. The fourth-order valence-electron chi connectivity index (χ4n) is 4.63. The number of nitrogens with zero attached hydrogens (tertiary/aromatic N) is 2. The van der Waals surface area contributed by atoms with Gasteiger partial charge in [-0.3, -0.25) is 14.9 Å². The maximum atomic E-state index is 12.6. The molecule has 28 heavy (non-hydrogen) atoms. The number of piperazine rings is 1. The van der Waals surface area contributed by atoms with E-state index >= 15 is 0 Å². The maximum absolute atomic E-state index is 12.6. The van der Waals surface area contributed by atoms with Gasteiger partial charge >= 0.3 is 0 Å². The van der Waals surface area contributed by atoms with E-state index in [1.807, 2.05) is 13.0 Å². The van der Waals surface area contributed by atoms with Crippen LogP contribution in [0.25, 0.3) is 0 Å². The number of hydrogen-bond donors (Lipinski definition) is 4. The van der Waals surface area contributed by atoms with Crippen molar-refractivity contribution in [3.8, 4) is 6.07 Å². The van der Waals surface area contributed by atoms with Crippen LogP contribution in [0.4, 0.5) is 0 Å². The van der Waals surface area contributed by atoms with Crippen molar-refractivity contribution in [3.05, 3.63) is 16.1 Å². The van der Waals surface area contributed by atoms with Gasteiger partial charge in [-0.05, 0) is 33.7 Å². The first-order valence-electron chi connectivity index (χ1n) is 9.91. The van der Waals surface area contributed by atoms with Gasteiger partial charge in [-0.15, -0.1) is 0 Å². The molecule has 0 bridgehead atoms. The molecule has 5 unspecified atom stereocenters. The van der Waals surface area contributed by atoms with Crippen molar-refractivity contribution >= 4 is 11.8 Å². The number of nitrogens with one attached hydrogen (secondary N) is 4. The molecule has 0 aliphatic carbocycles. The Hall–Kier alpha value is -2.31. The smallest absolute Gasteiger partial charge is 0.247 e. The molecular formula is C19H29N6O3+. The summed E-state index contributed by atoms with van der Waals surface area (Å²) in [6.45, 7) is 7.09. The van der Waals surface area contributed by atoms with Gasteiger partial charge in [0.25, 0.3) is 0 Å². The van der Waals surface area contributed by atoms with Gasteiger partial charge in [0.05, 0.1) is 25.1 Å². The van der Waals surface area contributed by atoms with E-state index in [1.165, 1.54) is 0 Å². The van der Waals surface area contributed by atoms with Gasteiger partial charge in [-0.25, -0.2) is 0 Å². The Morgan fingerprint density at radius 2 is 2.18 bits per heavy atom. The maximum Gasteiger partial charge on any atom is 0.247 e. The summed E-state index contributed by atoms with van der Waals surface area (Å²) in [7, 11) is 0. The zero-order valence-electron chi connectivity index (χ0n) is 16.6. The van der Waals surface area contributed by atoms with E-state index in [4.69, 9.17) is 5.26 Å². The van der Waals surface area contributed by atoms with E-state index < -0.39 is 18.1 Å². The molecule has 0 radical (unpaired) electrons. The Morgan fingerprint density at radius 1 is 1.43 bits per heavy atom. The van der Waals surface area contributed by atoms with Crippen molar-refractivity contribution in [3.63, 3.8) is 0 Å². The van der Waals surface area contributed by atoms with E-state index in [0.717, 1.165) is 23.3 Å². The fourth-order valence-corrected chi connectivity index (χ4v) is 4.63. The number of carbonyl (C=O) groups excluding carboxylic acids is 2. The highest BCUT2D eigenvalue weighted by molar-refractivity contribution is 6.00. The number of amides is 2. The molecule has 3 heterocycles. The summed E-state index contributed by atoms with van der Waals surface area (Å²) in [6, 6.07) is 1.05. The van der Waals surface area contributed by atoms with E-state index in [-0.39, 0.29) is 42.8 Å². The van der Waals surface area contributed by atoms with Crippen LogP contribution in [0.5, 0.6) is 0 Å². The third-order valence-electron chi connectivity index (χ3n) is 6.23. The van der Waals surface area contributed by atoms with E-state index in [2.05, 4.69) is 28.2 Å². The average molecular weight is 389 g/mol. The molecule has 0 aromatic heterocycles. The van der Waals surface area contributed by atoms with Crippen LogP contribution in [0.1, 0.15) is 33.6 Å². The molecule has 9 nitrogen and oxygen atoms in total. The van der Waals surface area contributed by atoms with E-state index in [9.17, 15) is 14.5 Å². The van der Waals surface area contributed by atoms with Crippen LogP contribution in [0.2, 0.25) is 0 Å². The number of nitroso groups, excluding NO2 is 1. The van der Waals surface area contributed by atoms with Crippen molar-refractivity contribution in [1.82, 2.24) is 21.3 Å². The summed E-state index contributed by atoms with van der Waals surface area (Å²) in [4.78, 5) is 37.3. The predicted octanol–water partition coefficient (Wildman–Crippen LogP) is -0.663. The Kier molecular flexibility index (Phi) is 6.10. The minimum absolute atomic E-state index is 0.00221. The van der Waals surface area contributed by atoms with Gasteiger partial charge in [0, 0.05) is 33.2 Å². The summed E-state index contributed by atoms with van der Waals surface area (Å²) >= 11 is 0. The molecule has 3 aliphatic heterocycles. The Bertz CT molecular complexity index is 742. The van der Waals surface area contributed by atoms with Gasteiger partial charge < -0.3 is 16.0 Å². The fraction of sp³-hybridized carbons (Fsp3) is 0.737. The molecule has 6 atom stereocenters. The zero-order chi connectivity index (χ0) is 20.4. The topological polar surface area (TPSA) is 126 Å². The van der Waals surface area contributed by atoms with Crippen molar-refractivity contribution in [1.29, 1.82) is 5.26 Å². The Labute approximate surface area is 164 Å². The first kappa shape index (κ1) is 20.4. The van der Waals surface area contributed by atoms with Crippen LogP contribution >= 0.6 is 0 Å². The molecule has 0 spiro atoms. The molecule has 0 aromatic carbocycles. The van der Waals surface area contributed by atoms with Crippen LogP contribution in [-0.4, -0.2) is 66.4 Å². The molecule has 2 fully saturated rings. The molecule has 3 aliphatic rings. The normalized spacial score (nSPS) is 34.1. The molecule has 2 saturated heterocycles. The summed E-state index contributed by atoms with van der Waals surface area (Å²) in [5, 5.41) is 21.3. The quantitative estimate of drug-likeness (QED) is 0.473. The summed E-state index contributed by atoms with van der Waals surface area (Å²) in [5.41, 5.74) is 1.49. The van der Waals surface area contributed by atoms with Crippen LogP contribution < -0.4 is 21.3 Å². The Balaban J connectivity index is 1.64. The first-order valence-corrected chi connectivity index (χ1v) is 9.91. The summed E-state index contributed by atoms with van der Waals surface area (Å²) < 4.78 is 0.854. The lowest BCUT2D eigenvalue weighted by Crippen LogP contribution is -2.59. The molecule has 152 valence electrons. The van der Waals surface area contributed by atoms with Crippen molar-refractivity contribution in [2.24, 2.45) is 5.92 Å². The van der Waals surface area contributed by atoms with Gasteiger partial charge in [0.15, 0.2) is 6.04 Å². The van der Waals surface area contributed by atoms with Crippen LogP contribution in [0.15, 0.2) is 11.1 Å². The van der Waals surface area contributed by atoms with Crippen molar-refractivity contribution in [2.75, 3.05) is 19.6 Å². The van der Waals surface area contributed by atoms with Gasteiger partial charge in [0.1, 0.15) is 0 Å². The van der Waals surface area contributed by atoms with Gasteiger partial charge in [-0.2, -0.15) is 5.26 Å². The molecule has 0 saturated carbocycles. The minimum atomic E-state index is -0.491. The van der Waals surface area contributed by atoms with Crippen molar-refractivity contribution < 1.29 is 14.3 Å². The lowest BCUT2D eigenvalue weighted by Gasteiger charge is -2.42. The largest absolute Gasteiger partial charge is 0.349 e. The number of nitriles is 1.